The number of phenols is 1. The summed E-state index contributed by atoms with van der Waals surface area (Å²) >= 11 is 4.41. The Bertz CT molecular complexity index is 1230. The Morgan fingerprint density at radius 2 is 2.03 bits per heavy atom. The van der Waals surface area contributed by atoms with Crippen molar-refractivity contribution in [3.8, 4) is 5.75 Å². The van der Waals surface area contributed by atoms with Crippen molar-refractivity contribution < 1.29 is 32.8 Å². The Labute approximate surface area is 201 Å². The number of amides is 1. The Kier molecular flexibility index (Phi) is 7.70. The molecule has 11 nitrogen and oxygen atoms in total. The second kappa shape index (κ2) is 9.99. The Hall–Kier alpha value is -2.17. The van der Waals surface area contributed by atoms with Gasteiger partial charge in [-0.05, 0) is 31.1 Å². The molecule has 0 saturated carbocycles. The van der Waals surface area contributed by atoms with Gasteiger partial charge in [0.2, 0.25) is 5.91 Å². The van der Waals surface area contributed by atoms with Gasteiger partial charge < -0.3 is 15.9 Å². The topological polar surface area (TPSA) is 184 Å². The summed E-state index contributed by atoms with van der Waals surface area (Å²) in [6.45, 7) is 3.40. The van der Waals surface area contributed by atoms with Crippen molar-refractivity contribution in [2.24, 2.45) is 5.73 Å². The molecule has 0 unspecified atom stereocenters. The van der Waals surface area contributed by atoms with Crippen LogP contribution in [-0.4, -0.2) is 73.1 Å². The van der Waals surface area contributed by atoms with Crippen LogP contribution >= 0.6 is 34.9 Å². The van der Waals surface area contributed by atoms with Crippen LogP contribution in [0.2, 0.25) is 0 Å². The summed E-state index contributed by atoms with van der Waals surface area (Å²) in [6, 6.07) is 3.18. The van der Waals surface area contributed by atoms with Crippen LogP contribution in [0.3, 0.4) is 0 Å². The second-order valence-electron chi connectivity index (χ2n) is 6.99. The fourth-order valence-corrected chi connectivity index (χ4v) is 7.04. The molecule has 33 heavy (non-hydrogen) atoms. The Morgan fingerprint density at radius 3 is 2.58 bits per heavy atom. The lowest BCUT2D eigenvalue weighted by Gasteiger charge is -2.48. The summed E-state index contributed by atoms with van der Waals surface area (Å²) in [4.78, 5) is 24.3. The second-order valence-corrected chi connectivity index (χ2v) is 11.9. The third-order valence-corrected chi connectivity index (χ3v) is 9.03. The summed E-state index contributed by atoms with van der Waals surface area (Å²) in [6.07, 6.45) is 0. The van der Waals surface area contributed by atoms with Gasteiger partial charge in [0.05, 0.1) is 0 Å². The molecule has 15 heteroatoms. The molecule has 0 aliphatic carbocycles. The Balaban J connectivity index is 0.000000218. The van der Waals surface area contributed by atoms with E-state index in [1.165, 1.54) is 58.8 Å². The predicted molar refractivity (Wildman–Crippen MR) is 124 cm³/mol. The van der Waals surface area contributed by atoms with Crippen molar-refractivity contribution in [1.82, 2.24) is 15.1 Å². The van der Waals surface area contributed by atoms with Gasteiger partial charge in [0.25, 0.3) is 10.1 Å². The molecular weight excluding hydrogens is 512 g/mol. The smallest absolute Gasteiger partial charge is 0.352 e. The van der Waals surface area contributed by atoms with Gasteiger partial charge in [-0.15, -0.1) is 22.0 Å². The number of rotatable bonds is 5. The fraction of sp³-hybridized carbons (Fsp3) is 0.333. The minimum absolute atomic E-state index is 0.0826. The molecule has 1 saturated heterocycles. The highest BCUT2D eigenvalue weighted by Crippen LogP contribution is 2.40. The van der Waals surface area contributed by atoms with Crippen molar-refractivity contribution in [2.75, 3.05) is 11.5 Å². The van der Waals surface area contributed by atoms with Crippen LogP contribution in [0.25, 0.3) is 0 Å². The van der Waals surface area contributed by atoms with E-state index in [4.69, 9.17) is 15.4 Å². The fourth-order valence-electron chi connectivity index (χ4n) is 3.04. The number of aryl methyl sites for hydroxylation is 2. The van der Waals surface area contributed by atoms with Crippen molar-refractivity contribution in [1.29, 1.82) is 0 Å². The van der Waals surface area contributed by atoms with E-state index in [1.807, 2.05) is 6.92 Å². The number of carbonyl (C=O) groups excluding carboxylic acids is 1. The molecule has 3 heterocycles. The van der Waals surface area contributed by atoms with E-state index in [-0.39, 0.29) is 27.6 Å². The molecule has 2 aliphatic heterocycles. The molecule has 1 aromatic heterocycles. The van der Waals surface area contributed by atoms with Gasteiger partial charge in [0, 0.05) is 17.6 Å². The maximum atomic E-state index is 11.8. The van der Waals surface area contributed by atoms with Crippen molar-refractivity contribution in [2.45, 2.75) is 34.5 Å². The maximum absolute atomic E-state index is 11.8. The number of nitrogens with zero attached hydrogens (tertiary/aromatic N) is 3. The number of hydrogen-bond donors (Lipinski definition) is 4. The van der Waals surface area contributed by atoms with Crippen LogP contribution in [0.5, 0.6) is 5.75 Å². The van der Waals surface area contributed by atoms with E-state index in [0.717, 1.165) is 21.0 Å². The normalized spacial score (nSPS) is 20.0. The zero-order valence-electron chi connectivity index (χ0n) is 17.3. The minimum Gasteiger partial charge on any atom is -0.508 e. The van der Waals surface area contributed by atoms with Gasteiger partial charge in [0.15, 0.2) is 4.34 Å². The number of benzene rings is 1. The molecule has 4 rings (SSSR count). The highest BCUT2D eigenvalue weighted by atomic mass is 32.2. The van der Waals surface area contributed by atoms with Crippen molar-refractivity contribution in [3.63, 3.8) is 0 Å². The first-order valence-electron chi connectivity index (χ1n) is 9.25. The zero-order valence-corrected chi connectivity index (χ0v) is 20.6. The van der Waals surface area contributed by atoms with E-state index in [2.05, 4.69) is 10.2 Å². The first-order valence-corrected chi connectivity index (χ1v) is 13.5. The number of hydrogen-bond acceptors (Lipinski definition) is 11. The van der Waals surface area contributed by atoms with E-state index in [0.29, 0.717) is 17.1 Å². The molecule has 178 valence electrons. The summed E-state index contributed by atoms with van der Waals surface area (Å²) in [5.74, 6) is -0.541. The van der Waals surface area contributed by atoms with Crippen LogP contribution in [0.4, 0.5) is 0 Å². The molecule has 1 fully saturated rings. The molecule has 0 radical (unpaired) electrons. The van der Waals surface area contributed by atoms with E-state index < -0.39 is 22.1 Å². The first-order chi connectivity index (χ1) is 15.4. The summed E-state index contributed by atoms with van der Waals surface area (Å²) in [7, 11) is -4.22. The number of carboxylic acids is 1. The van der Waals surface area contributed by atoms with Crippen LogP contribution in [0, 0.1) is 13.8 Å². The third-order valence-electron chi connectivity index (χ3n) is 4.62. The number of nitrogens with two attached hydrogens (primary N) is 1. The van der Waals surface area contributed by atoms with Crippen LogP contribution in [0.15, 0.2) is 38.7 Å². The number of fused-ring (bicyclic) bond motifs is 1. The van der Waals surface area contributed by atoms with E-state index in [9.17, 15) is 23.1 Å². The number of carbonyl (C=O) groups is 2. The minimum atomic E-state index is -4.22. The standard InChI is InChI=1S/C11H12N4O3S3.C7H8O4S/c1-4-13-14-11(21-4)20-3-5-2-19-9-6(12)8(16)15(9)7(5)10(17)18;1-5-2-3-6(8)4-7(5)12(9,10)11/h6,9H,2-3,12H2,1H3,(H,17,18);2-4,8H,1H3,(H,9,10,11)/t6-,9-;/m1./s1. The molecular formula is C18H20N4O7S4. The van der Waals surface area contributed by atoms with Crippen LogP contribution < -0.4 is 5.73 Å². The highest BCUT2D eigenvalue weighted by molar-refractivity contribution is 8.01. The molecule has 2 aliphatic rings. The summed E-state index contributed by atoms with van der Waals surface area (Å²) in [5, 5.41) is 26.9. The number of phenolic OH excluding ortho intramolecular Hbond substituents is 1. The number of aromatic hydroxyl groups is 1. The lowest BCUT2D eigenvalue weighted by Crippen LogP contribution is -2.68. The van der Waals surface area contributed by atoms with E-state index >= 15 is 0 Å². The van der Waals surface area contributed by atoms with Gasteiger partial charge in [-0.25, -0.2) is 4.79 Å². The summed E-state index contributed by atoms with van der Waals surface area (Å²) in [5.41, 5.74) is 6.91. The number of β-lactam (4-membered cyclic amide) rings is 1. The van der Waals surface area contributed by atoms with Crippen molar-refractivity contribution >= 4 is 56.9 Å². The SMILES string of the molecule is Cc1ccc(O)cc1S(=O)(=O)O.Cc1nnc(SCC2=C(C(=O)O)N3C(=O)[C@@H](N)[C@H]3SC2)s1. The largest absolute Gasteiger partial charge is 0.508 e. The molecule has 0 spiro atoms. The van der Waals surface area contributed by atoms with Crippen LogP contribution in [-0.2, 0) is 19.7 Å². The number of carboxylic acid groups (broad SMARTS) is 1. The summed E-state index contributed by atoms with van der Waals surface area (Å²) < 4.78 is 30.8. The average molecular weight is 533 g/mol. The predicted octanol–water partition coefficient (Wildman–Crippen LogP) is 1.47. The lowest BCUT2D eigenvalue weighted by molar-refractivity contribution is -0.147. The Morgan fingerprint density at radius 1 is 1.33 bits per heavy atom. The van der Waals surface area contributed by atoms with Gasteiger partial charge in [0.1, 0.15) is 32.8 Å². The number of thioether (sulfide) groups is 2. The first kappa shape index (κ1) is 25.5. The zero-order chi connectivity index (χ0) is 24.5. The molecule has 2 aromatic rings. The molecule has 2 atom stereocenters. The van der Waals surface area contributed by atoms with Crippen LogP contribution in [0.1, 0.15) is 10.6 Å². The van der Waals surface area contributed by atoms with Gasteiger partial charge in [-0.3, -0.25) is 14.2 Å². The molecule has 1 amide bonds. The van der Waals surface area contributed by atoms with Gasteiger partial charge in [-0.1, -0.05) is 29.2 Å². The number of aliphatic carboxylic acids is 1. The monoisotopic (exact) mass is 532 g/mol. The van der Waals surface area contributed by atoms with Gasteiger partial charge >= 0.3 is 5.97 Å². The number of aromatic nitrogens is 2. The van der Waals surface area contributed by atoms with Crippen molar-refractivity contribution in [3.05, 3.63) is 40.0 Å². The lowest BCUT2D eigenvalue weighted by atomic mass is 10.0. The molecule has 0 bridgehead atoms. The molecule has 5 N–H and O–H groups in total. The highest BCUT2D eigenvalue weighted by Gasteiger charge is 2.51. The third kappa shape index (κ3) is 5.67. The van der Waals surface area contributed by atoms with Gasteiger partial charge in [-0.2, -0.15) is 8.42 Å². The quantitative estimate of drug-likeness (QED) is 0.247. The maximum Gasteiger partial charge on any atom is 0.352 e. The van der Waals surface area contributed by atoms with E-state index in [1.54, 1.807) is 0 Å². The molecule has 1 aromatic carbocycles. The average Bonchev–Trinajstić information content (AvgIpc) is 3.17.